The van der Waals surface area contributed by atoms with Gasteiger partial charge in [0.2, 0.25) is 5.43 Å². The van der Waals surface area contributed by atoms with Crippen LogP contribution in [0, 0.1) is 0 Å². The van der Waals surface area contributed by atoms with E-state index in [-0.39, 0.29) is 33.4 Å². The van der Waals surface area contributed by atoms with Crippen LogP contribution in [0.25, 0.3) is 21.9 Å². The van der Waals surface area contributed by atoms with Gasteiger partial charge in [-0.2, -0.15) is 5.10 Å². The minimum absolute atomic E-state index is 0.0384. The summed E-state index contributed by atoms with van der Waals surface area (Å²) in [7, 11) is 0. The Balaban J connectivity index is 1.85. The second-order valence-electron chi connectivity index (χ2n) is 7.13. The predicted molar refractivity (Wildman–Crippen MR) is 130 cm³/mol. The van der Waals surface area contributed by atoms with Gasteiger partial charge in [-0.15, -0.1) is 0 Å². The van der Waals surface area contributed by atoms with E-state index in [4.69, 9.17) is 37.1 Å². The molecule has 4 aromatic rings. The first-order valence-electron chi connectivity index (χ1n) is 9.87. The molecule has 34 heavy (non-hydrogen) atoms. The third kappa shape index (κ3) is 4.88. The number of halogens is 2. The van der Waals surface area contributed by atoms with Gasteiger partial charge in [-0.05, 0) is 30.3 Å². The first-order chi connectivity index (χ1) is 16.2. The van der Waals surface area contributed by atoms with Crippen LogP contribution in [0.5, 0.6) is 11.5 Å². The summed E-state index contributed by atoms with van der Waals surface area (Å²) in [4.78, 5) is 36.3. The molecule has 4 rings (SSSR count). The number of rotatable bonds is 5. The lowest BCUT2D eigenvalue weighted by Gasteiger charge is -2.10. The molecule has 0 amide bonds. The van der Waals surface area contributed by atoms with Crippen molar-refractivity contribution in [2.24, 2.45) is 5.10 Å². The van der Waals surface area contributed by atoms with E-state index in [2.05, 4.69) is 10.5 Å². The number of fused-ring (bicyclic) bond motifs is 2. The fourth-order valence-corrected chi connectivity index (χ4v) is 3.61. The summed E-state index contributed by atoms with van der Waals surface area (Å²) in [5.74, 6) is -1.25. The Labute approximate surface area is 202 Å². The molecule has 0 bridgehead atoms. The Morgan fingerprint density at radius 2 is 1.79 bits per heavy atom. The number of nitrogens with one attached hydrogen (secondary N) is 1. The van der Waals surface area contributed by atoms with Crippen molar-refractivity contribution in [2.75, 3.05) is 5.43 Å². The standard InChI is InChI=1S/C24H16Cl2N2O6/c1-12(29)32-16-9-20(33-13(2)30)22-21(10-16)34-24-14(4-3-5-17(24)23(22)31)11-27-28-19-8-15(25)6-7-18(19)26/h3-11,28H,1-2H3/b27-11-. The minimum Gasteiger partial charge on any atom is -0.455 e. The molecule has 0 aliphatic heterocycles. The molecule has 0 fully saturated rings. The molecular formula is C24H16Cl2N2O6. The molecule has 8 nitrogen and oxygen atoms in total. The summed E-state index contributed by atoms with van der Waals surface area (Å²) in [5, 5.41) is 5.36. The smallest absolute Gasteiger partial charge is 0.308 e. The van der Waals surface area contributed by atoms with E-state index in [0.29, 0.717) is 21.3 Å². The van der Waals surface area contributed by atoms with E-state index in [9.17, 15) is 14.4 Å². The van der Waals surface area contributed by atoms with Crippen molar-refractivity contribution in [3.8, 4) is 11.5 Å². The highest BCUT2D eigenvalue weighted by atomic mass is 35.5. The number of para-hydroxylation sites is 1. The molecule has 0 radical (unpaired) electrons. The van der Waals surface area contributed by atoms with Gasteiger partial charge in [0.15, 0.2) is 0 Å². The summed E-state index contributed by atoms with van der Waals surface area (Å²) >= 11 is 12.1. The minimum atomic E-state index is -0.646. The lowest BCUT2D eigenvalue weighted by Crippen LogP contribution is -2.10. The van der Waals surface area contributed by atoms with E-state index >= 15 is 0 Å². The fraction of sp³-hybridized carbons (Fsp3) is 0.0833. The summed E-state index contributed by atoms with van der Waals surface area (Å²) in [6.07, 6.45) is 1.46. The van der Waals surface area contributed by atoms with Gasteiger partial charge in [-0.25, -0.2) is 0 Å². The van der Waals surface area contributed by atoms with Crippen molar-refractivity contribution >= 4 is 69.0 Å². The van der Waals surface area contributed by atoms with Crippen LogP contribution < -0.4 is 20.3 Å². The first-order valence-corrected chi connectivity index (χ1v) is 10.6. The summed E-state index contributed by atoms with van der Waals surface area (Å²) in [6.45, 7) is 2.42. The maximum atomic E-state index is 13.3. The van der Waals surface area contributed by atoms with Crippen LogP contribution in [0.3, 0.4) is 0 Å². The molecule has 0 aliphatic carbocycles. The highest BCUT2D eigenvalue weighted by Gasteiger charge is 2.18. The predicted octanol–water partition coefficient (Wildman–Crippen LogP) is 5.55. The van der Waals surface area contributed by atoms with Crippen LogP contribution in [0.4, 0.5) is 5.69 Å². The van der Waals surface area contributed by atoms with Crippen LogP contribution in [-0.2, 0) is 9.59 Å². The average molecular weight is 499 g/mol. The zero-order valence-electron chi connectivity index (χ0n) is 17.8. The Morgan fingerprint density at radius 3 is 2.53 bits per heavy atom. The van der Waals surface area contributed by atoms with E-state index < -0.39 is 17.4 Å². The quantitative estimate of drug-likeness (QED) is 0.126. The third-order valence-electron chi connectivity index (χ3n) is 4.60. The molecule has 0 atom stereocenters. The van der Waals surface area contributed by atoms with Gasteiger partial charge in [0, 0.05) is 36.6 Å². The summed E-state index contributed by atoms with van der Waals surface area (Å²) in [5.41, 5.74) is 3.65. The zero-order chi connectivity index (χ0) is 24.4. The average Bonchev–Trinajstić information content (AvgIpc) is 2.75. The van der Waals surface area contributed by atoms with Gasteiger partial charge >= 0.3 is 11.9 Å². The van der Waals surface area contributed by atoms with Crippen molar-refractivity contribution in [3.05, 3.63) is 74.4 Å². The van der Waals surface area contributed by atoms with Crippen molar-refractivity contribution in [2.45, 2.75) is 13.8 Å². The number of esters is 2. The second kappa shape index (κ2) is 9.54. The topological polar surface area (TPSA) is 107 Å². The monoisotopic (exact) mass is 498 g/mol. The van der Waals surface area contributed by atoms with Crippen LogP contribution in [0.1, 0.15) is 19.4 Å². The molecule has 1 aromatic heterocycles. The number of ether oxygens (including phenoxy) is 2. The fourth-order valence-electron chi connectivity index (χ4n) is 3.28. The molecule has 3 aromatic carbocycles. The van der Waals surface area contributed by atoms with E-state index in [1.807, 2.05) is 0 Å². The van der Waals surface area contributed by atoms with Gasteiger partial charge < -0.3 is 13.9 Å². The van der Waals surface area contributed by atoms with Crippen molar-refractivity contribution in [1.82, 2.24) is 0 Å². The lowest BCUT2D eigenvalue weighted by molar-refractivity contribution is -0.132. The highest BCUT2D eigenvalue weighted by molar-refractivity contribution is 6.35. The Morgan fingerprint density at radius 1 is 1.03 bits per heavy atom. The Bertz CT molecular complexity index is 1540. The number of carbonyl (C=O) groups is 2. The molecule has 0 aliphatic rings. The second-order valence-corrected chi connectivity index (χ2v) is 7.97. The molecule has 0 unspecified atom stereocenters. The Kier molecular flexibility index (Phi) is 6.54. The molecule has 1 heterocycles. The number of anilines is 1. The van der Waals surface area contributed by atoms with E-state index in [0.717, 1.165) is 0 Å². The van der Waals surface area contributed by atoms with Crippen LogP contribution in [-0.4, -0.2) is 18.2 Å². The van der Waals surface area contributed by atoms with Crippen molar-refractivity contribution in [3.63, 3.8) is 0 Å². The molecule has 0 saturated carbocycles. The van der Waals surface area contributed by atoms with Gasteiger partial charge in [-0.1, -0.05) is 29.3 Å². The molecule has 10 heteroatoms. The van der Waals surface area contributed by atoms with Crippen LogP contribution >= 0.6 is 23.2 Å². The Hall–Kier alpha value is -3.88. The largest absolute Gasteiger partial charge is 0.455 e. The van der Waals surface area contributed by atoms with E-state index in [1.165, 1.54) is 32.2 Å². The maximum Gasteiger partial charge on any atom is 0.308 e. The lowest BCUT2D eigenvalue weighted by atomic mass is 10.1. The maximum absolute atomic E-state index is 13.3. The number of hydrogen-bond acceptors (Lipinski definition) is 8. The normalized spacial score (nSPS) is 11.2. The first kappa shape index (κ1) is 23.3. The SMILES string of the molecule is CC(=O)Oc1cc(OC(C)=O)c2c(=O)c3cccc(/C=N\Nc4cc(Cl)ccc4Cl)c3oc2c1. The van der Waals surface area contributed by atoms with Gasteiger partial charge in [-0.3, -0.25) is 19.8 Å². The third-order valence-corrected chi connectivity index (χ3v) is 5.17. The number of benzene rings is 3. The molecular weight excluding hydrogens is 483 g/mol. The van der Waals surface area contributed by atoms with Gasteiger partial charge in [0.05, 0.1) is 22.3 Å². The van der Waals surface area contributed by atoms with Gasteiger partial charge in [0.25, 0.3) is 0 Å². The summed E-state index contributed by atoms with van der Waals surface area (Å²) < 4.78 is 16.3. The van der Waals surface area contributed by atoms with Crippen LogP contribution in [0.15, 0.2) is 62.8 Å². The molecule has 1 N–H and O–H groups in total. The number of nitrogens with zero attached hydrogens (tertiary/aromatic N) is 1. The van der Waals surface area contributed by atoms with E-state index in [1.54, 1.807) is 36.4 Å². The zero-order valence-corrected chi connectivity index (χ0v) is 19.4. The number of hydrazone groups is 1. The van der Waals surface area contributed by atoms with Gasteiger partial charge in [0.1, 0.15) is 28.1 Å². The number of carbonyl (C=O) groups excluding carboxylic acids is 2. The number of hydrogen-bond donors (Lipinski definition) is 1. The molecule has 0 spiro atoms. The molecule has 172 valence electrons. The van der Waals surface area contributed by atoms with Crippen molar-refractivity contribution in [1.29, 1.82) is 0 Å². The highest BCUT2D eigenvalue weighted by Crippen LogP contribution is 2.32. The van der Waals surface area contributed by atoms with Crippen molar-refractivity contribution < 1.29 is 23.5 Å². The van der Waals surface area contributed by atoms with Crippen LogP contribution in [0.2, 0.25) is 10.0 Å². The molecule has 0 saturated heterocycles. The summed E-state index contributed by atoms with van der Waals surface area (Å²) in [6, 6.07) is 12.5.